The highest BCUT2D eigenvalue weighted by Gasteiger charge is 2.54. The second-order valence-corrected chi connectivity index (χ2v) is 10.4. The molecule has 3 aliphatic rings. The number of aromatic amines is 1. The monoisotopic (exact) mass is 507 g/mol. The first-order valence-electron chi connectivity index (χ1n) is 12.8. The number of hydrogen-bond acceptors (Lipinski definition) is 6. The van der Waals surface area contributed by atoms with Gasteiger partial charge in [0.25, 0.3) is 5.91 Å². The average molecular weight is 508 g/mol. The summed E-state index contributed by atoms with van der Waals surface area (Å²) in [6.45, 7) is 2.05. The Bertz CT molecular complexity index is 1330. The van der Waals surface area contributed by atoms with Crippen LogP contribution in [-0.4, -0.2) is 67.2 Å². The number of H-pyrrole nitrogens is 1. The summed E-state index contributed by atoms with van der Waals surface area (Å²) in [5, 5.41) is 10.1. The molecule has 2 N–H and O–H groups in total. The predicted octanol–water partition coefficient (Wildman–Crippen LogP) is 2.58. The zero-order chi connectivity index (χ0) is 25.6. The van der Waals surface area contributed by atoms with Gasteiger partial charge in [-0.2, -0.15) is 5.10 Å². The number of piperidine rings is 1. The van der Waals surface area contributed by atoms with Crippen molar-refractivity contribution in [3.05, 3.63) is 48.1 Å². The molecule has 0 aromatic carbocycles. The lowest BCUT2D eigenvalue weighted by Gasteiger charge is -2.39. The largest absolute Gasteiger partial charge is 0.481 e. The summed E-state index contributed by atoms with van der Waals surface area (Å²) in [5.74, 6) is 1.05. The third kappa shape index (κ3) is 4.47. The summed E-state index contributed by atoms with van der Waals surface area (Å²) in [4.78, 5) is 36.5. The lowest BCUT2D eigenvalue weighted by atomic mass is 9.87. The maximum atomic E-state index is 14.3. The molecule has 0 radical (unpaired) electrons. The van der Waals surface area contributed by atoms with Crippen LogP contribution in [-0.2, 0) is 17.8 Å². The number of rotatable bonds is 6. The van der Waals surface area contributed by atoms with Crippen LogP contribution in [0.1, 0.15) is 48.4 Å². The van der Waals surface area contributed by atoms with Crippen molar-refractivity contribution in [3.63, 3.8) is 0 Å². The van der Waals surface area contributed by atoms with Crippen LogP contribution in [0.2, 0.25) is 0 Å². The molecule has 2 amide bonds. The lowest BCUT2D eigenvalue weighted by Crippen LogP contribution is -2.51. The van der Waals surface area contributed by atoms with Crippen molar-refractivity contribution in [2.75, 3.05) is 20.2 Å². The Morgan fingerprint density at radius 3 is 2.95 bits per heavy atom. The summed E-state index contributed by atoms with van der Waals surface area (Å²) >= 11 is 0. The number of pyridine rings is 1. The van der Waals surface area contributed by atoms with Crippen LogP contribution < -0.4 is 10.1 Å². The van der Waals surface area contributed by atoms with Crippen molar-refractivity contribution in [2.24, 2.45) is 11.8 Å². The molecule has 3 aromatic rings. The van der Waals surface area contributed by atoms with Crippen molar-refractivity contribution >= 4 is 11.8 Å². The van der Waals surface area contributed by atoms with Crippen LogP contribution in [0.25, 0.3) is 11.3 Å². The highest BCUT2D eigenvalue weighted by Crippen LogP contribution is 2.50. The van der Waals surface area contributed by atoms with Gasteiger partial charge < -0.3 is 19.5 Å². The number of carbonyl (C=O) groups excluding carboxylic acids is 2. The van der Waals surface area contributed by atoms with Crippen molar-refractivity contribution in [3.8, 4) is 17.1 Å². The molecule has 194 valence electrons. The Morgan fingerprint density at radius 2 is 2.14 bits per heavy atom. The van der Waals surface area contributed by atoms with E-state index in [-0.39, 0.29) is 34.7 Å². The molecule has 10 nitrogen and oxygen atoms in total. The van der Waals surface area contributed by atoms with Gasteiger partial charge in [0.2, 0.25) is 11.8 Å². The molecule has 1 aliphatic carbocycles. The molecule has 5 heterocycles. The van der Waals surface area contributed by atoms with Gasteiger partial charge in [0, 0.05) is 61.5 Å². The molecule has 1 saturated heterocycles. The highest BCUT2D eigenvalue weighted by molar-refractivity contribution is 5.94. The van der Waals surface area contributed by atoms with E-state index in [1.165, 1.54) is 13.2 Å². The molecule has 2 atom stereocenters. The van der Waals surface area contributed by atoms with Gasteiger partial charge in [-0.1, -0.05) is 0 Å². The van der Waals surface area contributed by atoms with Gasteiger partial charge in [-0.3, -0.25) is 14.7 Å². The number of likely N-dealkylation sites (tertiary alicyclic amines) is 1. The van der Waals surface area contributed by atoms with Gasteiger partial charge in [-0.05, 0) is 44.1 Å². The summed E-state index contributed by atoms with van der Waals surface area (Å²) in [7, 11) is 1.45. The molecule has 2 aliphatic heterocycles. The van der Waals surface area contributed by atoms with E-state index in [1.54, 1.807) is 6.07 Å². The number of carbonyl (C=O) groups is 2. The van der Waals surface area contributed by atoms with E-state index < -0.39 is 5.82 Å². The second-order valence-electron chi connectivity index (χ2n) is 10.4. The van der Waals surface area contributed by atoms with Crippen LogP contribution in [0.4, 0.5) is 4.39 Å². The van der Waals surface area contributed by atoms with Crippen LogP contribution in [0.5, 0.6) is 5.88 Å². The van der Waals surface area contributed by atoms with Gasteiger partial charge >= 0.3 is 0 Å². The average Bonchev–Trinajstić information content (AvgIpc) is 3.31. The summed E-state index contributed by atoms with van der Waals surface area (Å²) < 4.78 is 21.6. The highest BCUT2D eigenvalue weighted by atomic mass is 19.1. The van der Waals surface area contributed by atoms with E-state index in [4.69, 9.17) is 4.74 Å². The fourth-order valence-electron chi connectivity index (χ4n) is 5.79. The first kappa shape index (κ1) is 23.6. The number of aryl methyl sites for hydroxylation is 1. The van der Waals surface area contributed by atoms with Crippen molar-refractivity contribution < 1.29 is 18.7 Å². The van der Waals surface area contributed by atoms with Crippen LogP contribution >= 0.6 is 0 Å². The van der Waals surface area contributed by atoms with Gasteiger partial charge in [0.15, 0.2) is 5.82 Å². The van der Waals surface area contributed by atoms with Crippen molar-refractivity contribution in [1.29, 1.82) is 0 Å². The Kier molecular flexibility index (Phi) is 5.92. The molecule has 1 unspecified atom stereocenters. The van der Waals surface area contributed by atoms with Crippen molar-refractivity contribution in [2.45, 2.75) is 50.6 Å². The lowest BCUT2D eigenvalue weighted by molar-refractivity contribution is -0.127. The number of aromatic nitrogens is 5. The minimum atomic E-state index is -0.546. The molecule has 1 saturated carbocycles. The molecular formula is C26H30FN7O3. The minimum Gasteiger partial charge on any atom is -0.481 e. The maximum absolute atomic E-state index is 14.3. The molecule has 0 bridgehead atoms. The number of amides is 2. The van der Waals surface area contributed by atoms with Crippen molar-refractivity contribution in [1.82, 2.24) is 34.9 Å². The SMILES string of the molecule is COc1cc(-c2cc(C(=O)N3CC[C@H](C(=O)NCC4CCc5nccn5C4)CC34CC4)[nH]n2)c(F)cn1. The van der Waals surface area contributed by atoms with E-state index in [9.17, 15) is 14.0 Å². The van der Waals surface area contributed by atoms with Crippen LogP contribution in [0, 0.1) is 17.7 Å². The third-order valence-corrected chi connectivity index (χ3v) is 8.06. The number of hydrogen-bond donors (Lipinski definition) is 2. The molecule has 11 heteroatoms. The van der Waals surface area contributed by atoms with E-state index >= 15 is 0 Å². The first-order valence-corrected chi connectivity index (χ1v) is 12.8. The summed E-state index contributed by atoms with van der Waals surface area (Å²) in [6.07, 6.45) is 9.91. The number of nitrogens with zero attached hydrogens (tertiary/aromatic N) is 5. The van der Waals surface area contributed by atoms with Gasteiger partial charge in [0.1, 0.15) is 11.5 Å². The maximum Gasteiger partial charge on any atom is 0.272 e. The zero-order valence-corrected chi connectivity index (χ0v) is 20.7. The second kappa shape index (κ2) is 9.28. The van der Waals surface area contributed by atoms with Crippen LogP contribution in [0.15, 0.2) is 30.7 Å². The van der Waals surface area contributed by atoms with Crippen LogP contribution in [0.3, 0.4) is 0 Å². The standard InChI is InChI=1S/C26H30FN7O3/c1-37-23-10-18(19(27)14-29-23)20-11-21(32-31-20)25(36)34-8-4-17(12-26(34)5-6-26)24(35)30-13-16-2-3-22-28-7-9-33(22)15-16/h7,9-11,14,16-17H,2-6,8,12-13,15H2,1H3,(H,30,35)(H,31,32)/t16?,17-/m0/s1. The number of ether oxygens (including phenoxy) is 1. The smallest absolute Gasteiger partial charge is 0.272 e. The molecule has 37 heavy (non-hydrogen) atoms. The number of imidazole rings is 1. The van der Waals surface area contributed by atoms with E-state index in [1.807, 2.05) is 17.3 Å². The molecule has 1 spiro atoms. The Hall–Kier alpha value is -3.76. The number of methoxy groups -OCH3 is 1. The quantitative estimate of drug-likeness (QED) is 0.530. The topological polar surface area (TPSA) is 118 Å². The Morgan fingerprint density at radius 1 is 1.27 bits per heavy atom. The number of halogens is 1. The molecular weight excluding hydrogens is 477 g/mol. The zero-order valence-electron chi connectivity index (χ0n) is 20.7. The Labute approximate surface area is 213 Å². The number of nitrogens with one attached hydrogen (secondary N) is 2. The Balaban J connectivity index is 1.08. The number of fused-ring (bicyclic) bond motifs is 1. The van der Waals surface area contributed by atoms with E-state index in [2.05, 4.69) is 30.0 Å². The minimum absolute atomic E-state index is 0.0840. The normalized spacial score (nSPS) is 21.9. The first-order chi connectivity index (χ1) is 18.0. The fourth-order valence-corrected chi connectivity index (χ4v) is 5.79. The summed E-state index contributed by atoms with van der Waals surface area (Å²) in [6, 6.07) is 3.01. The van der Waals surface area contributed by atoms with Gasteiger partial charge in [-0.25, -0.2) is 14.4 Å². The van der Waals surface area contributed by atoms with E-state index in [0.717, 1.165) is 44.2 Å². The van der Waals surface area contributed by atoms with Gasteiger partial charge in [0.05, 0.1) is 19.0 Å². The molecule has 2 fully saturated rings. The van der Waals surface area contributed by atoms with E-state index in [0.29, 0.717) is 43.2 Å². The summed E-state index contributed by atoms with van der Waals surface area (Å²) in [5.41, 5.74) is 0.534. The molecule has 6 rings (SSSR count). The molecule has 3 aromatic heterocycles. The fraction of sp³-hybridized carbons (Fsp3) is 0.500. The third-order valence-electron chi connectivity index (χ3n) is 8.06. The van der Waals surface area contributed by atoms with Gasteiger partial charge in [-0.15, -0.1) is 0 Å². The predicted molar refractivity (Wildman–Crippen MR) is 131 cm³/mol.